The highest BCUT2D eigenvalue weighted by Crippen LogP contribution is 2.28. The van der Waals surface area contributed by atoms with Crippen LogP contribution in [0.1, 0.15) is 31.2 Å². The van der Waals surface area contributed by atoms with Gasteiger partial charge in [0.25, 0.3) is 0 Å². The molecule has 0 aliphatic heterocycles. The second-order valence-corrected chi connectivity index (χ2v) is 5.02. The van der Waals surface area contributed by atoms with Crippen LogP contribution >= 0.6 is 11.6 Å². The zero-order valence-corrected chi connectivity index (χ0v) is 11.7. The third kappa shape index (κ3) is 2.57. The first-order chi connectivity index (χ1) is 8.63. The van der Waals surface area contributed by atoms with Crippen LogP contribution in [0.3, 0.4) is 0 Å². The second kappa shape index (κ2) is 5.55. The van der Waals surface area contributed by atoms with E-state index in [1.807, 2.05) is 31.3 Å². The molecule has 0 saturated heterocycles. The van der Waals surface area contributed by atoms with Crippen molar-refractivity contribution in [2.75, 3.05) is 7.05 Å². The van der Waals surface area contributed by atoms with Crippen molar-refractivity contribution in [3.05, 3.63) is 40.7 Å². The van der Waals surface area contributed by atoms with Crippen LogP contribution in [0.5, 0.6) is 0 Å². The summed E-state index contributed by atoms with van der Waals surface area (Å²) in [5.41, 5.74) is 3.17. The first-order valence-electron chi connectivity index (χ1n) is 6.11. The van der Waals surface area contributed by atoms with Gasteiger partial charge in [0.15, 0.2) is 0 Å². The molecule has 4 heteroatoms. The average Bonchev–Trinajstić information content (AvgIpc) is 2.74. The molecule has 1 aromatic heterocycles. The Bertz CT molecular complexity index is 532. The van der Waals surface area contributed by atoms with Crippen LogP contribution in [0.25, 0.3) is 11.4 Å². The van der Waals surface area contributed by atoms with E-state index in [1.165, 1.54) is 0 Å². The van der Waals surface area contributed by atoms with Gasteiger partial charge in [-0.1, -0.05) is 37.6 Å². The molecule has 1 aromatic carbocycles. The molecule has 0 unspecified atom stereocenters. The van der Waals surface area contributed by atoms with Crippen molar-refractivity contribution in [3.63, 3.8) is 0 Å². The summed E-state index contributed by atoms with van der Waals surface area (Å²) < 4.78 is 0. The Morgan fingerprint density at radius 2 is 2.06 bits per heavy atom. The summed E-state index contributed by atoms with van der Waals surface area (Å²) in [6.45, 7) is 5.07. The molecule has 2 N–H and O–H groups in total. The van der Waals surface area contributed by atoms with Crippen molar-refractivity contribution in [2.24, 2.45) is 0 Å². The number of rotatable bonds is 4. The normalized spacial score (nSPS) is 11.2. The average molecular weight is 264 g/mol. The molecule has 0 radical (unpaired) electrons. The summed E-state index contributed by atoms with van der Waals surface area (Å²) in [5.74, 6) is 1.23. The number of nitrogens with zero attached hydrogens (tertiary/aromatic N) is 1. The van der Waals surface area contributed by atoms with Crippen molar-refractivity contribution in [2.45, 2.75) is 26.3 Å². The van der Waals surface area contributed by atoms with Gasteiger partial charge >= 0.3 is 0 Å². The maximum absolute atomic E-state index is 6.20. The lowest BCUT2D eigenvalue weighted by molar-refractivity contribution is 0.750. The van der Waals surface area contributed by atoms with E-state index in [9.17, 15) is 0 Å². The van der Waals surface area contributed by atoms with E-state index in [1.54, 1.807) is 0 Å². The minimum Gasteiger partial charge on any atom is -0.340 e. The van der Waals surface area contributed by atoms with Gasteiger partial charge in [-0.25, -0.2) is 4.98 Å². The Morgan fingerprint density at radius 1 is 1.33 bits per heavy atom. The molecule has 18 heavy (non-hydrogen) atoms. The zero-order chi connectivity index (χ0) is 13.1. The van der Waals surface area contributed by atoms with E-state index in [-0.39, 0.29) is 0 Å². The van der Waals surface area contributed by atoms with E-state index in [0.717, 1.165) is 34.3 Å². The summed E-state index contributed by atoms with van der Waals surface area (Å²) in [6, 6.07) is 7.75. The van der Waals surface area contributed by atoms with Gasteiger partial charge in [-0.15, -0.1) is 0 Å². The Kier molecular flexibility index (Phi) is 4.04. The minimum absolute atomic E-state index is 0.390. The molecule has 0 bridgehead atoms. The maximum Gasteiger partial charge on any atom is 0.139 e. The van der Waals surface area contributed by atoms with Gasteiger partial charge in [0.05, 0.1) is 16.4 Å². The summed E-state index contributed by atoms with van der Waals surface area (Å²) in [4.78, 5) is 8.04. The molecular weight excluding hydrogens is 246 g/mol. The number of hydrogen-bond acceptors (Lipinski definition) is 2. The molecule has 0 aliphatic rings. The van der Waals surface area contributed by atoms with Gasteiger partial charge < -0.3 is 10.3 Å². The van der Waals surface area contributed by atoms with E-state index in [0.29, 0.717) is 5.92 Å². The number of aromatic amines is 1. The smallest absolute Gasteiger partial charge is 0.139 e. The van der Waals surface area contributed by atoms with Crippen LogP contribution in [0.15, 0.2) is 24.3 Å². The standard InChI is InChI=1S/C14H18ClN3/c1-9(2)13-12(8-16-3)17-14(18-13)10-6-4-5-7-11(10)15/h4-7,9,16H,8H2,1-3H3,(H,17,18). The Morgan fingerprint density at radius 3 is 2.67 bits per heavy atom. The van der Waals surface area contributed by atoms with Crippen molar-refractivity contribution < 1.29 is 0 Å². The van der Waals surface area contributed by atoms with Gasteiger partial charge in [-0.2, -0.15) is 0 Å². The van der Waals surface area contributed by atoms with Crippen LogP contribution in [-0.2, 0) is 6.54 Å². The third-order valence-electron chi connectivity index (χ3n) is 2.84. The number of imidazole rings is 1. The van der Waals surface area contributed by atoms with E-state index >= 15 is 0 Å². The molecule has 0 amide bonds. The minimum atomic E-state index is 0.390. The fourth-order valence-electron chi connectivity index (χ4n) is 1.99. The second-order valence-electron chi connectivity index (χ2n) is 4.61. The van der Waals surface area contributed by atoms with Crippen LogP contribution < -0.4 is 5.32 Å². The van der Waals surface area contributed by atoms with Gasteiger partial charge in [0.1, 0.15) is 5.82 Å². The number of H-pyrrole nitrogens is 1. The quantitative estimate of drug-likeness (QED) is 0.885. The van der Waals surface area contributed by atoms with E-state index < -0.39 is 0 Å². The molecule has 1 heterocycles. The molecule has 0 atom stereocenters. The van der Waals surface area contributed by atoms with Crippen LogP contribution in [0.2, 0.25) is 5.02 Å². The number of nitrogens with one attached hydrogen (secondary N) is 2. The van der Waals surface area contributed by atoms with Crippen molar-refractivity contribution in [3.8, 4) is 11.4 Å². The first kappa shape index (κ1) is 13.1. The number of benzene rings is 1. The molecule has 0 spiro atoms. The summed E-state index contributed by atoms with van der Waals surface area (Å²) >= 11 is 6.20. The monoisotopic (exact) mass is 263 g/mol. The third-order valence-corrected chi connectivity index (χ3v) is 3.17. The molecule has 3 nitrogen and oxygen atoms in total. The van der Waals surface area contributed by atoms with Gasteiger partial charge in [0, 0.05) is 12.1 Å². The maximum atomic E-state index is 6.20. The summed E-state index contributed by atoms with van der Waals surface area (Å²) in [7, 11) is 1.93. The largest absolute Gasteiger partial charge is 0.340 e. The number of halogens is 1. The predicted octanol–water partition coefficient (Wildman–Crippen LogP) is 3.57. The lowest BCUT2D eigenvalue weighted by atomic mass is 10.1. The predicted molar refractivity (Wildman–Crippen MR) is 75.9 cm³/mol. The summed E-state index contributed by atoms with van der Waals surface area (Å²) in [6.07, 6.45) is 0. The lowest BCUT2D eigenvalue weighted by Crippen LogP contribution is -2.08. The zero-order valence-electron chi connectivity index (χ0n) is 10.9. The topological polar surface area (TPSA) is 40.7 Å². The fraction of sp³-hybridized carbons (Fsp3) is 0.357. The van der Waals surface area contributed by atoms with Gasteiger partial charge in [-0.3, -0.25) is 0 Å². The van der Waals surface area contributed by atoms with Crippen molar-refractivity contribution in [1.82, 2.24) is 15.3 Å². The molecular formula is C14H18ClN3. The fourth-order valence-corrected chi connectivity index (χ4v) is 2.22. The van der Waals surface area contributed by atoms with Gasteiger partial charge in [-0.05, 0) is 25.1 Å². The van der Waals surface area contributed by atoms with Crippen LogP contribution in [0, 0.1) is 0 Å². The number of hydrogen-bond donors (Lipinski definition) is 2. The Hall–Kier alpha value is -1.32. The van der Waals surface area contributed by atoms with Gasteiger partial charge in [0.2, 0.25) is 0 Å². The van der Waals surface area contributed by atoms with Crippen LogP contribution in [0.4, 0.5) is 0 Å². The molecule has 2 aromatic rings. The van der Waals surface area contributed by atoms with E-state index in [4.69, 9.17) is 11.6 Å². The Labute approximate surface area is 113 Å². The van der Waals surface area contributed by atoms with Crippen LogP contribution in [-0.4, -0.2) is 17.0 Å². The highest BCUT2D eigenvalue weighted by molar-refractivity contribution is 6.33. The first-order valence-corrected chi connectivity index (χ1v) is 6.49. The molecule has 2 rings (SSSR count). The van der Waals surface area contributed by atoms with Crippen molar-refractivity contribution in [1.29, 1.82) is 0 Å². The lowest BCUT2D eigenvalue weighted by Gasteiger charge is -2.03. The Balaban J connectivity index is 2.47. The molecule has 0 fully saturated rings. The van der Waals surface area contributed by atoms with E-state index in [2.05, 4.69) is 29.1 Å². The molecule has 0 aliphatic carbocycles. The number of aromatic nitrogens is 2. The summed E-state index contributed by atoms with van der Waals surface area (Å²) in [5, 5.41) is 3.87. The van der Waals surface area contributed by atoms with Crippen molar-refractivity contribution >= 4 is 11.6 Å². The molecule has 0 saturated carbocycles. The highest BCUT2D eigenvalue weighted by Gasteiger charge is 2.15. The highest BCUT2D eigenvalue weighted by atomic mass is 35.5. The molecule has 96 valence electrons. The SMILES string of the molecule is CNCc1[nH]c(-c2ccccc2Cl)nc1C(C)C.